The lowest BCUT2D eigenvalue weighted by atomic mass is 10.2. The van der Waals surface area contributed by atoms with Crippen LogP contribution >= 0.6 is 0 Å². The van der Waals surface area contributed by atoms with Gasteiger partial charge >= 0.3 is 5.97 Å². The summed E-state index contributed by atoms with van der Waals surface area (Å²) in [7, 11) is 0. The Morgan fingerprint density at radius 3 is 2.56 bits per heavy atom. The molecule has 0 saturated heterocycles. The zero-order valence-electron chi connectivity index (χ0n) is 9.38. The van der Waals surface area contributed by atoms with E-state index in [0.717, 1.165) is 0 Å². The maximum atomic E-state index is 12.9. The summed E-state index contributed by atoms with van der Waals surface area (Å²) in [6.07, 6.45) is 2.54. The molecule has 1 aromatic heterocycles. The zero-order chi connectivity index (χ0) is 12.8. The van der Waals surface area contributed by atoms with Crippen molar-refractivity contribution in [1.82, 2.24) is 14.8 Å². The van der Waals surface area contributed by atoms with Crippen LogP contribution in [0.1, 0.15) is 12.8 Å². The van der Waals surface area contributed by atoms with Crippen molar-refractivity contribution in [2.45, 2.75) is 18.4 Å². The van der Waals surface area contributed by atoms with Gasteiger partial charge in [-0.05, 0) is 37.1 Å². The molecule has 0 amide bonds. The van der Waals surface area contributed by atoms with Crippen LogP contribution in [0.5, 0.6) is 0 Å². The number of halogens is 1. The van der Waals surface area contributed by atoms with Gasteiger partial charge in [-0.3, -0.25) is 4.57 Å². The van der Waals surface area contributed by atoms with Gasteiger partial charge in [0.2, 0.25) is 0 Å². The van der Waals surface area contributed by atoms with Crippen LogP contribution in [0.25, 0.3) is 11.4 Å². The molecular weight excluding hydrogens is 237 g/mol. The van der Waals surface area contributed by atoms with Crippen LogP contribution in [0.2, 0.25) is 0 Å². The SMILES string of the molecule is O=C(O)C1(n2cnnc2-c2ccc(F)cc2)CC1. The Bertz CT molecular complexity index is 602. The lowest BCUT2D eigenvalue weighted by Crippen LogP contribution is -2.27. The number of carbonyl (C=O) groups is 1. The van der Waals surface area contributed by atoms with Gasteiger partial charge in [0, 0.05) is 5.56 Å². The first-order valence-corrected chi connectivity index (χ1v) is 5.53. The molecule has 0 unspecified atom stereocenters. The van der Waals surface area contributed by atoms with E-state index in [1.165, 1.54) is 18.5 Å². The summed E-state index contributed by atoms with van der Waals surface area (Å²) >= 11 is 0. The molecule has 0 bridgehead atoms. The predicted molar refractivity (Wildman–Crippen MR) is 60.3 cm³/mol. The third-order valence-corrected chi connectivity index (χ3v) is 3.23. The largest absolute Gasteiger partial charge is 0.479 e. The highest BCUT2D eigenvalue weighted by molar-refractivity contribution is 5.81. The molecule has 0 spiro atoms. The average molecular weight is 247 g/mol. The molecule has 18 heavy (non-hydrogen) atoms. The van der Waals surface area contributed by atoms with Gasteiger partial charge in [0.15, 0.2) is 5.82 Å². The van der Waals surface area contributed by atoms with Crippen molar-refractivity contribution in [3.05, 3.63) is 36.4 Å². The quantitative estimate of drug-likeness (QED) is 0.895. The number of nitrogens with zero attached hydrogens (tertiary/aromatic N) is 3. The van der Waals surface area contributed by atoms with E-state index in [0.29, 0.717) is 24.2 Å². The smallest absolute Gasteiger partial charge is 0.329 e. The van der Waals surface area contributed by atoms with Crippen molar-refractivity contribution in [3.8, 4) is 11.4 Å². The lowest BCUT2D eigenvalue weighted by molar-refractivity contribution is -0.142. The number of carboxylic acids is 1. The average Bonchev–Trinajstić information content (AvgIpc) is 3.03. The molecule has 3 rings (SSSR count). The van der Waals surface area contributed by atoms with Crippen molar-refractivity contribution in [3.63, 3.8) is 0 Å². The first-order chi connectivity index (χ1) is 8.63. The fourth-order valence-corrected chi connectivity index (χ4v) is 2.02. The van der Waals surface area contributed by atoms with E-state index in [9.17, 15) is 14.3 Å². The molecule has 1 aliphatic carbocycles. The molecule has 1 fully saturated rings. The number of aliphatic carboxylic acids is 1. The van der Waals surface area contributed by atoms with Gasteiger partial charge in [0.25, 0.3) is 0 Å². The Morgan fingerprint density at radius 2 is 2.00 bits per heavy atom. The predicted octanol–water partition coefficient (Wildman–Crippen LogP) is 1.66. The van der Waals surface area contributed by atoms with E-state index in [1.807, 2.05) is 0 Å². The van der Waals surface area contributed by atoms with E-state index < -0.39 is 11.5 Å². The van der Waals surface area contributed by atoms with Crippen LogP contribution in [-0.2, 0) is 10.3 Å². The number of rotatable bonds is 3. The maximum Gasteiger partial charge on any atom is 0.329 e. The summed E-state index contributed by atoms with van der Waals surface area (Å²) in [5.74, 6) is -0.773. The molecule has 1 N–H and O–H groups in total. The Labute approximate surface area is 102 Å². The maximum absolute atomic E-state index is 12.9. The van der Waals surface area contributed by atoms with E-state index in [-0.39, 0.29) is 5.82 Å². The number of aromatic nitrogens is 3. The van der Waals surface area contributed by atoms with E-state index >= 15 is 0 Å². The van der Waals surface area contributed by atoms with E-state index in [2.05, 4.69) is 10.2 Å². The monoisotopic (exact) mass is 247 g/mol. The molecule has 1 saturated carbocycles. The zero-order valence-corrected chi connectivity index (χ0v) is 9.38. The van der Waals surface area contributed by atoms with Crippen molar-refractivity contribution < 1.29 is 14.3 Å². The Kier molecular flexibility index (Phi) is 2.19. The van der Waals surface area contributed by atoms with Crippen LogP contribution in [0.4, 0.5) is 4.39 Å². The van der Waals surface area contributed by atoms with Crippen molar-refractivity contribution in [2.24, 2.45) is 0 Å². The van der Waals surface area contributed by atoms with Gasteiger partial charge in [0.1, 0.15) is 17.7 Å². The van der Waals surface area contributed by atoms with Gasteiger partial charge in [-0.2, -0.15) is 0 Å². The molecule has 0 radical (unpaired) electrons. The third-order valence-electron chi connectivity index (χ3n) is 3.23. The second-order valence-electron chi connectivity index (χ2n) is 4.37. The van der Waals surface area contributed by atoms with E-state index in [1.54, 1.807) is 16.7 Å². The third kappa shape index (κ3) is 1.49. The highest BCUT2D eigenvalue weighted by Crippen LogP contribution is 2.45. The fraction of sp³-hybridized carbons (Fsp3) is 0.250. The summed E-state index contributed by atoms with van der Waals surface area (Å²) < 4.78 is 14.4. The minimum absolute atomic E-state index is 0.343. The van der Waals surface area contributed by atoms with Crippen LogP contribution in [-0.4, -0.2) is 25.8 Å². The topological polar surface area (TPSA) is 68.0 Å². The van der Waals surface area contributed by atoms with Crippen molar-refractivity contribution in [2.75, 3.05) is 0 Å². The van der Waals surface area contributed by atoms with Gasteiger partial charge < -0.3 is 5.11 Å². The first kappa shape index (κ1) is 10.9. The second kappa shape index (κ2) is 3.63. The summed E-state index contributed by atoms with van der Waals surface area (Å²) in [5, 5.41) is 17.0. The highest BCUT2D eigenvalue weighted by atomic mass is 19.1. The number of hydrogen-bond donors (Lipinski definition) is 1. The normalized spacial score (nSPS) is 16.5. The van der Waals surface area contributed by atoms with Crippen LogP contribution < -0.4 is 0 Å². The molecule has 1 aliphatic rings. The molecule has 5 nitrogen and oxygen atoms in total. The Morgan fingerprint density at radius 1 is 1.33 bits per heavy atom. The summed E-state index contributed by atoms with van der Waals surface area (Å²) in [6, 6.07) is 5.75. The van der Waals surface area contributed by atoms with Crippen LogP contribution in [0, 0.1) is 5.82 Å². The van der Waals surface area contributed by atoms with Gasteiger partial charge in [-0.1, -0.05) is 0 Å². The minimum Gasteiger partial charge on any atom is -0.479 e. The van der Waals surface area contributed by atoms with Crippen molar-refractivity contribution in [1.29, 1.82) is 0 Å². The Balaban J connectivity index is 2.07. The summed E-state index contributed by atoms with van der Waals surface area (Å²) in [6.45, 7) is 0. The van der Waals surface area contributed by atoms with Gasteiger partial charge in [-0.25, -0.2) is 9.18 Å². The molecule has 0 aliphatic heterocycles. The minimum atomic E-state index is -0.923. The van der Waals surface area contributed by atoms with Crippen molar-refractivity contribution >= 4 is 5.97 Å². The molecule has 1 aromatic carbocycles. The second-order valence-corrected chi connectivity index (χ2v) is 4.37. The molecule has 2 aromatic rings. The standard InChI is InChI=1S/C12H10FN3O2/c13-9-3-1-8(2-4-9)10-15-14-7-16(10)12(5-6-12)11(17)18/h1-4,7H,5-6H2,(H,17,18). The molecule has 92 valence electrons. The molecular formula is C12H10FN3O2. The number of hydrogen-bond acceptors (Lipinski definition) is 3. The molecule has 0 atom stereocenters. The molecule has 6 heteroatoms. The Hall–Kier alpha value is -2.24. The van der Waals surface area contributed by atoms with Gasteiger partial charge in [0.05, 0.1) is 0 Å². The number of benzene rings is 1. The van der Waals surface area contributed by atoms with Crippen LogP contribution in [0.3, 0.4) is 0 Å². The number of carboxylic acid groups (broad SMARTS) is 1. The molecule has 1 heterocycles. The van der Waals surface area contributed by atoms with Crippen LogP contribution in [0.15, 0.2) is 30.6 Å². The van der Waals surface area contributed by atoms with E-state index in [4.69, 9.17) is 0 Å². The summed E-state index contributed by atoms with van der Waals surface area (Å²) in [4.78, 5) is 11.3. The summed E-state index contributed by atoms with van der Waals surface area (Å²) in [5.41, 5.74) is -0.269. The highest BCUT2D eigenvalue weighted by Gasteiger charge is 2.53. The lowest BCUT2D eigenvalue weighted by Gasteiger charge is -2.13. The van der Waals surface area contributed by atoms with Gasteiger partial charge in [-0.15, -0.1) is 10.2 Å². The fourth-order valence-electron chi connectivity index (χ4n) is 2.02. The first-order valence-electron chi connectivity index (χ1n) is 5.53.